The van der Waals surface area contributed by atoms with Crippen molar-refractivity contribution in [2.45, 2.75) is 18.9 Å². The molecule has 80 valence electrons. The molecule has 1 heteroatoms. The first-order valence-corrected chi connectivity index (χ1v) is 5.26. The van der Waals surface area contributed by atoms with Crippen LogP contribution >= 0.6 is 0 Å². The van der Waals surface area contributed by atoms with Crippen LogP contribution in [0.4, 0.5) is 0 Å². The number of allylic oxidation sites excluding steroid dienone is 1. The monoisotopic (exact) mass is 202 g/mol. The highest BCUT2D eigenvalue weighted by Gasteiger charge is 2.09. The minimum atomic E-state index is 0.155. The summed E-state index contributed by atoms with van der Waals surface area (Å²) in [5, 5.41) is 0. The molecule has 0 N–H and O–H groups in total. The van der Waals surface area contributed by atoms with Gasteiger partial charge in [-0.3, -0.25) is 0 Å². The standard InChI is InChI=1S/C14H18O/c1-3-5-11-14(15-12-4-2)13-9-7-6-8-10-13/h3-4,6-10,14H,1-2,5,11-12H2. The Morgan fingerprint density at radius 3 is 2.47 bits per heavy atom. The quantitative estimate of drug-likeness (QED) is 0.609. The predicted octanol–water partition coefficient (Wildman–Crippen LogP) is 3.90. The predicted molar refractivity (Wildman–Crippen MR) is 64.8 cm³/mol. The van der Waals surface area contributed by atoms with Gasteiger partial charge in [0.15, 0.2) is 0 Å². The summed E-state index contributed by atoms with van der Waals surface area (Å²) >= 11 is 0. The summed E-state index contributed by atoms with van der Waals surface area (Å²) in [6, 6.07) is 10.3. The maximum absolute atomic E-state index is 5.71. The first-order chi connectivity index (χ1) is 7.38. The van der Waals surface area contributed by atoms with E-state index in [9.17, 15) is 0 Å². The molecule has 0 radical (unpaired) electrons. The van der Waals surface area contributed by atoms with Gasteiger partial charge in [0, 0.05) is 0 Å². The van der Waals surface area contributed by atoms with Crippen LogP contribution in [0.2, 0.25) is 0 Å². The highest BCUT2D eigenvalue weighted by molar-refractivity contribution is 5.17. The normalized spacial score (nSPS) is 12.0. The summed E-state index contributed by atoms with van der Waals surface area (Å²) in [6.07, 6.45) is 5.80. The fraction of sp³-hybridized carbons (Fsp3) is 0.286. The Kier molecular flexibility index (Phi) is 5.49. The molecule has 0 saturated carbocycles. The Morgan fingerprint density at radius 1 is 1.13 bits per heavy atom. The Hall–Kier alpha value is -1.34. The van der Waals surface area contributed by atoms with E-state index in [0.29, 0.717) is 6.61 Å². The van der Waals surface area contributed by atoms with Gasteiger partial charge < -0.3 is 4.74 Å². The molecule has 1 aromatic carbocycles. The fourth-order valence-corrected chi connectivity index (χ4v) is 1.47. The fourth-order valence-electron chi connectivity index (χ4n) is 1.47. The van der Waals surface area contributed by atoms with E-state index in [1.165, 1.54) is 5.56 Å². The van der Waals surface area contributed by atoms with E-state index in [0.717, 1.165) is 12.8 Å². The lowest BCUT2D eigenvalue weighted by atomic mass is 10.0. The maximum atomic E-state index is 5.71. The second-order valence-electron chi connectivity index (χ2n) is 3.39. The van der Waals surface area contributed by atoms with Crippen molar-refractivity contribution in [3.63, 3.8) is 0 Å². The Morgan fingerprint density at radius 2 is 1.87 bits per heavy atom. The first-order valence-electron chi connectivity index (χ1n) is 5.26. The second-order valence-corrected chi connectivity index (χ2v) is 3.39. The maximum Gasteiger partial charge on any atom is 0.0832 e. The molecule has 0 bridgehead atoms. The molecule has 1 unspecified atom stereocenters. The van der Waals surface area contributed by atoms with Crippen LogP contribution in [0.1, 0.15) is 24.5 Å². The van der Waals surface area contributed by atoms with Crippen molar-refractivity contribution in [1.82, 2.24) is 0 Å². The lowest BCUT2D eigenvalue weighted by molar-refractivity contribution is 0.0683. The Bertz CT molecular complexity index is 277. The van der Waals surface area contributed by atoms with E-state index >= 15 is 0 Å². The third kappa shape index (κ3) is 4.13. The lowest BCUT2D eigenvalue weighted by Gasteiger charge is -2.16. The topological polar surface area (TPSA) is 9.23 Å². The van der Waals surface area contributed by atoms with Crippen LogP contribution in [-0.4, -0.2) is 6.61 Å². The highest BCUT2D eigenvalue weighted by atomic mass is 16.5. The van der Waals surface area contributed by atoms with Gasteiger partial charge in [-0.1, -0.05) is 42.5 Å². The van der Waals surface area contributed by atoms with E-state index < -0.39 is 0 Å². The third-order valence-electron chi connectivity index (χ3n) is 2.22. The molecular weight excluding hydrogens is 184 g/mol. The highest BCUT2D eigenvalue weighted by Crippen LogP contribution is 2.22. The van der Waals surface area contributed by atoms with Crippen LogP contribution in [0.3, 0.4) is 0 Å². The zero-order chi connectivity index (χ0) is 10.9. The first kappa shape index (κ1) is 11.7. The summed E-state index contributed by atoms with van der Waals surface area (Å²) < 4.78 is 5.71. The number of rotatable bonds is 7. The second kappa shape index (κ2) is 7.02. The van der Waals surface area contributed by atoms with Gasteiger partial charge in [-0.25, -0.2) is 0 Å². The van der Waals surface area contributed by atoms with Crippen LogP contribution < -0.4 is 0 Å². The minimum absolute atomic E-state index is 0.155. The van der Waals surface area contributed by atoms with E-state index in [1.54, 1.807) is 6.08 Å². The third-order valence-corrected chi connectivity index (χ3v) is 2.22. The van der Waals surface area contributed by atoms with E-state index in [2.05, 4.69) is 25.3 Å². The van der Waals surface area contributed by atoms with Crippen molar-refractivity contribution in [3.8, 4) is 0 Å². The average molecular weight is 202 g/mol. The molecule has 1 aromatic rings. The van der Waals surface area contributed by atoms with Crippen molar-refractivity contribution < 1.29 is 4.74 Å². The molecule has 1 rings (SSSR count). The molecule has 0 aliphatic rings. The average Bonchev–Trinajstić information content (AvgIpc) is 2.30. The number of benzene rings is 1. The van der Waals surface area contributed by atoms with Crippen LogP contribution in [0.5, 0.6) is 0 Å². The summed E-state index contributed by atoms with van der Waals surface area (Å²) in [5.41, 5.74) is 1.22. The molecule has 1 atom stereocenters. The zero-order valence-electron chi connectivity index (χ0n) is 9.06. The molecular formula is C14H18O. The van der Waals surface area contributed by atoms with Gasteiger partial charge in [-0.15, -0.1) is 13.2 Å². The minimum Gasteiger partial charge on any atom is -0.369 e. The molecule has 0 spiro atoms. The van der Waals surface area contributed by atoms with Gasteiger partial charge in [-0.05, 0) is 18.4 Å². The van der Waals surface area contributed by atoms with Crippen LogP contribution in [0, 0.1) is 0 Å². The van der Waals surface area contributed by atoms with Gasteiger partial charge >= 0.3 is 0 Å². The van der Waals surface area contributed by atoms with Crippen LogP contribution in [-0.2, 0) is 4.74 Å². The summed E-state index contributed by atoms with van der Waals surface area (Å²) in [6.45, 7) is 7.99. The molecule has 0 fully saturated rings. The molecule has 0 aromatic heterocycles. The molecule has 0 amide bonds. The Balaban J connectivity index is 2.62. The van der Waals surface area contributed by atoms with Crippen LogP contribution in [0.25, 0.3) is 0 Å². The van der Waals surface area contributed by atoms with Gasteiger partial charge in [0.2, 0.25) is 0 Å². The zero-order valence-corrected chi connectivity index (χ0v) is 9.06. The van der Waals surface area contributed by atoms with Crippen molar-refractivity contribution in [3.05, 3.63) is 61.2 Å². The van der Waals surface area contributed by atoms with Crippen molar-refractivity contribution in [2.24, 2.45) is 0 Å². The summed E-state index contributed by atoms with van der Waals surface area (Å²) in [4.78, 5) is 0. The van der Waals surface area contributed by atoms with E-state index in [-0.39, 0.29) is 6.10 Å². The summed E-state index contributed by atoms with van der Waals surface area (Å²) in [7, 11) is 0. The number of ether oxygens (including phenoxy) is 1. The number of hydrogen-bond donors (Lipinski definition) is 0. The largest absolute Gasteiger partial charge is 0.369 e. The molecule has 0 saturated heterocycles. The Labute approximate surface area is 92.1 Å². The molecule has 0 aliphatic heterocycles. The van der Waals surface area contributed by atoms with E-state index in [1.807, 2.05) is 24.3 Å². The number of hydrogen-bond acceptors (Lipinski definition) is 1. The molecule has 1 nitrogen and oxygen atoms in total. The lowest BCUT2D eigenvalue weighted by Crippen LogP contribution is -2.04. The van der Waals surface area contributed by atoms with Gasteiger partial charge in [-0.2, -0.15) is 0 Å². The van der Waals surface area contributed by atoms with Crippen molar-refractivity contribution in [1.29, 1.82) is 0 Å². The molecule has 0 aliphatic carbocycles. The molecule has 15 heavy (non-hydrogen) atoms. The van der Waals surface area contributed by atoms with Crippen molar-refractivity contribution >= 4 is 0 Å². The van der Waals surface area contributed by atoms with Crippen LogP contribution in [0.15, 0.2) is 55.6 Å². The van der Waals surface area contributed by atoms with Gasteiger partial charge in [0.1, 0.15) is 0 Å². The SMILES string of the molecule is C=CCCC(OCC=C)c1ccccc1. The van der Waals surface area contributed by atoms with Crippen molar-refractivity contribution in [2.75, 3.05) is 6.61 Å². The molecule has 0 heterocycles. The van der Waals surface area contributed by atoms with Gasteiger partial charge in [0.25, 0.3) is 0 Å². The van der Waals surface area contributed by atoms with E-state index in [4.69, 9.17) is 4.74 Å². The smallest absolute Gasteiger partial charge is 0.0832 e. The van der Waals surface area contributed by atoms with Gasteiger partial charge in [0.05, 0.1) is 12.7 Å². The summed E-state index contributed by atoms with van der Waals surface area (Å²) in [5.74, 6) is 0.